The fraction of sp³-hybridized carbons (Fsp3) is 0.0500. The van der Waals surface area contributed by atoms with Crippen molar-refractivity contribution in [2.45, 2.75) is 6.92 Å². The van der Waals surface area contributed by atoms with Crippen LogP contribution in [0.5, 0.6) is 0 Å². The van der Waals surface area contributed by atoms with Crippen LogP contribution in [-0.4, -0.2) is 30.7 Å². The minimum atomic E-state index is -0.157. The highest BCUT2D eigenvalue weighted by Crippen LogP contribution is 2.22. The third-order valence-electron chi connectivity index (χ3n) is 3.95. The van der Waals surface area contributed by atoms with Crippen molar-refractivity contribution in [1.82, 2.24) is 24.8 Å². The third-order valence-corrected chi connectivity index (χ3v) is 3.95. The van der Waals surface area contributed by atoms with E-state index in [0.29, 0.717) is 11.5 Å². The largest absolute Gasteiger partial charge is 0.323 e. The highest BCUT2D eigenvalue weighted by Gasteiger charge is 2.11. The Morgan fingerprint density at radius 1 is 1.04 bits per heavy atom. The van der Waals surface area contributed by atoms with Crippen molar-refractivity contribution in [2.75, 3.05) is 5.32 Å². The number of pyridine rings is 1. The van der Waals surface area contributed by atoms with E-state index in [4.69, 9.17) is 0 Å². The van der Waals surface area contributed by atoms with Crippen LogP contribution < -0.4 is 5.32 Å². The summed E-state index contributed by atoms with van der Waals surface area (Å²) in [5.74, 6) is 0.477. The first kappa shape index (κ1) is 16.6. The molecule has 0 saturated carbocycles. The van der Waals surface area contributed by atoms with Gasteiger partial charge in [-0.1, -0.05) is 18.2 Å². The molecule has 0 unspecified atom stereocenters. The summed E-state index contributed by atoms with van der Waals surface area (Å²) in [6, 6.07) is 15.0. The van der Waals surface area contributed by atoms with E-state index in [9.17, 15) is 4.79 Å². The second-order valence-corrected chi connectivity index (χ2v) is 5.82. The molecule has 27 heavy (non-hydrogen) atoms. The molecule has 1 aromatic carbocycles. The van der Waals surface area contributed by atoms with Crippen LogP contribution >= 0.6 is 0 Å². The summed E-state index contributed by atoms with van der Waals surface area (Å²) in [6.07, 6.45) is 6.62. The number of amides is 1. The Bertz CT molecular complexity index is 1120. The Morgan fingerprint density at radius 2 is 1.89 bits per heavy atom. The fourth-order valence-corrected chi connectivity index (χ4v) is 2.68. The predicted octanol–water partition coefficient (Wildman–Crippen LogP) is 3.37. The first-order valence-electron chi connectivity index (χ1n) is 8.41. The summed E-state index contributed by atoms with van der Waals surface area (Å²) in [6.45, 7) is 1.80. The normalized spacial score (nSPS) is 11.1. The van der Waals surface area contributed by atoms with Crippen LogP contribution in [0.3, 0.4) is 0 Å². The summed E-state index contributed by atoms with van der Waals surface area (Å²) >= 11 is 0. The molecule has 132 valence electrons. The first-order valence-corrected chi connectivity index (χ1v) is 8.41. The molecule has 4 aromatic rings. The number of hydrogen-bond acceptors (Lipinski definition) is 5. The van der Waals surface area contributed by atoms with Crippen molar-refractivity contribution in [1.29, 1.82) is 0 Å². The Hall–Kier alpha value is -3.87. The van der Waals surface area contributed by atoms with Gasteiger partial charge in [-0.15, -0.1) is 10.2 Å². The van der Waals surface area contributed by atoms with E-state index < -0.39 is 0 Å². The van der Waals surface area contributed by atoms with Crippen molar-refractivity contribution in [3.05, 3.63) is 73.1 Å². The van der Waals surface area contributed by atoms with Gasteiger partial charge in [0.1, 0.15) is 0 Å². The number of benzene rings is 1. The molecule has 0 spiro atoms. The zero-order valence-corrected chi connectivity index (χ0v) is 14.6. The Kier molecular flexibility index (Phi) is 4.40. The van der Waals surface area contributed by atoms with Gasteiger partial charge in [-0.3, -0.25) is 9.78 Å². The quantitative estimate of drug-likeness (QED) is 0.567. The van der Waals surface area contributed by atoms with Crippen molar-refractivity contribution in [3.8, 4) is 22.6 Å². The molecule has 0 radical (unpaired) electrons. The minimum Gasteiger partial charge on any atom is -0.323 e. The van der Waals surface area contributed by atoms with E-state index in [1.165, 1.54) is 6.08 Å². The zero-order chi connectivity index (χ0) is 18.6. The lowest BCUT2D eigenvalue weighted by molar-refractivity contribution is -0.111. The molecule has 1 amide bonds. The Balaban J connectivity index is 1.67. The third kappa shape index (κ3) is 3.43. The highest BCUT2D eigenvalue weighted by atomic mass is 16.1. The van der Waals surface area contributed by atoms with E-state index in [0.717, 1.165) is 22.5 Å². The number of allylic oxidation sites excluding steroid dienone is 1. The molecule has 1 N–H and O–H groups in total. The van der Waals surface area contributed by atoms with Crippen LogP contribution in [0.1, 0.15) is 6.92 Å². The number of carbonyl (C=O) groups excluding carboxylic acids is 1. The van der Waals surface area contributed by atoms with Gasteiger partial charge < -0.3 is 5.32 Å². The number of nitrogens with one attached hydrogen (secondary N) is 1. The van der Waals surface area contributed by atoms with Gasteiger partial charge in [0.2, 0.25) is 5.91 Å². The number of carbonyl (C=O) groups is 1. The Morgan fingerprint density at radius 3 is 2.63 bits per heavy atom. The molecule has 0 bridgehead atoms. The maximum Gasteiger partial charge on any atom is 0.248 e. The molecule has 7 heteroatoms. The molecule has 3 heterocycles. The number of nitrogens with zero attached hydrogens (tertiary/aromatic N) is 5. The predicted molar refractivity (Wildman–Crippen MR) is 103 cm³/mol. The lowest BCUT2D eigenvalue weighted by Crippen LogP contribution is -2.07. The standard InChI is InChI=1S/C20H16N6O/c1-2-4-19(27)22-16-8-6-14(7-9-16)17-10-11-18-23-24-20(26(18)25-17)15-5-3-12-21-13-15/h2-13H,1H3,(H,22,27)/b4-2+. The summed E-state index contributed by atoms with van der Waals surface area (Å²) in [5.41, 5.74) is 3.93. The first-order chi connectivity index (χ1) is 13.2. The monoisotopic (exact) mass is 356 g/mol. The van der Waals surface area contributed by atoms with Crippen molar-refractivity contribution in [3.63, 3.8) is 0 Å². The average Bonchev–Trinajstić information content (AvgIpc) is 3.12. The van der Waals surface area contributed by atoms with Gasteiger partial charge in [0, 0.05) is 29.2 Å². The Labute approximate surface area is 155 Å². The lowest BCUT2D eigenvalue weighted by atomic mass is 10.1. The van der Waals surface area contributed by atoms with Crippen LogP contribution in [-0.2, 0) is 4.79 Å². The van der Waals surface area contributed by atoms with Gasteiger partial charge in [0.15, 0.2) is 11.5 Å². The smallest absolute Gasteiger partial charge is 0.248 e. The van der Waals surface area contributed by atoms with Crippen LogP contribution in [0.2, 0.25) is 0 Å². The van der Waals surface area contributed by atoms with Gasteiger partial charge >= 0.3 is 0 Å². The SMILES string of the molecule is C/C=C/C(=O)Nc1ccc(-c2ccc3nnc(-c4cccnc4)n3n2)cc1. The molecular weight excluding hydrogens is 340 g/mol. The van der Waals surface area contributed by atoms with Crippen LogP contribution in [0.25, 0.3) is 28.3 Å². The molecule has 0 fully saturated rings. The van der Waals surface area contributed by atoms with Gasteiger partial charge in [-0.05, 0) is 49.4 Å². The number of hydrogen-bond donors (Lipinski definition) is 1. The summed E-state index contributed by atoms with van der Waals surface area (Å²) < 4.78 is 1.70. The molecular formula is C20H16N6O. The minimum absolute atomic E-state index is 0.157. The second-order valence-electron chi connectivity index (χ2n) is 5.82. The number of anilines is 1. The van der Waals surface area contributed by atoms with E-state index in [2.05, 4.69) is 25.6 Å². The number of rotatable bonds is 4. The van der Waals surface area contributed by atoms with Gasteiger partial charge in [0.25, 0.3) is 0 Å². The van der Waals surface area contributed by atoms with Crippen LogP contribution in [0, 0.1) is 0 Å². The van der Waals surface area contributed by atoms with Crippen molar-refractivity contribution in [2.24, 2.45) is 0 Å². The van der Waals surface area contributed by atoms with Gasteiger partial charge in [-0.25, -0.2) is 0 Å². The zero-order valence-electron chi connectivity index (χ0n) is 14.6. The van der Waals surface area contributed by atoms with E-state index in [-0.39, 0.29) is 5.91 Å². The topological polar surface area (TPSA) is 85.1 Å². The van der Waals surface area contributed by atoms with E-state index in [1.54, 1.807) is 29.9 Å². The molecule has 3 aromatic heterocycles. The summed E-state index contributed by atoms with van der Waals surface area (Å²) in [7, 11) is 0. The highest BCUT2D eigenvalue weighted by molar-refractivity contribution is 5.99. The van der Waals surface area contributed by atoms with Gasteiger partial charge in [-0.2, -0.15) is 9.61 Å². The number of fused-ring (bicyclic) bond motifs is 1. The molecule has 7 nitrogen and oxygen atoms in total. The molecule has 0 aliphatic heterocycles. The number of aromatic nitrogens is 5. The van der Waals surface area contributed by atoms with Crippen molar-refractivity contribution < 1.29 is 4.79 Å². The second kappa shape index (κ2) is 7.17. The van der Waals surface area contributed by atoms with E-state index in [1.807, 2.05) is 48.5 Å². The molecule has 0 saturated heterocycles. The molecule has 0 atom stereocenters. The summed E-state index contributed by atoms with van der Waals surface area (Å²) in [4.78, 5) is 15.8. The fourth-order valence-electron chi connectivity index (χ4n) is 2.68. The maximum atomic E-state index is 11.6. The average molecular weight is 356 g/mol. The summed E-state index contributed by atoms with van der Waals surface area (Å²) in [5, 5.41) is 15.9. The lowest BCUT2D eigenvalue weighted by Gasteiger charge is -2.06. The molecule has 0 aliphatic carbocycles. The van der Waals surface area contributed by atoms with Gasteiger partial charge in [0.05, 0.1) is 5.69 Å². The maximum absolute atomic E-state index is 11.6. The van der Waals surface area contributed by atoms with Crippen LogP contribution in [0.15, 0.2) is 73.1 Å². The van der Waals surface area contributed by atoms with Crippen molar-refractivity contribution >= 4 is 17.2 Å². The molecule has 4 rings (SSSR count). The molecule has 0 aliphatic rings. The van der Waals surface area contributed by atoms with E-state index >= 15 is 0 Å². The van der Waals surface area contributed by atoms with Crippen LogP contribution in [0.4, 0.5) is 5.69 Å².